The molecule has 0 spiro atoms. The number of alkyl halides is 1. The molecule has 0 aliphatic heterocycles. The SMILES string of the molecule is O=C(CI)OCc1ccc(Br)cc1. The minimum atomic E-state index is -0.177. The molecule has 0 heterocycles. The average Bonchev–Trinajstić information content (AvgIpc) is 2.16. The Morgan fingerprint density at radius 3 is 2.54 bits per heavy atom. The minimum absolute atomic E-state index is 0.177. The highest BCUT2D eigenvalue weighted by Gasteiger charge is 1.99. The normalized spacial score (nSPS) is 9.69. The third-order valence-electron chi connectivity index (χ3n) is 1.42. The van der Waals surface area contributed by atoms with Gasteiger partial charge in [-0.2, -0.15) is 0 Å². The predicted octanol–water partition coefficient (Wildman–Crippen LogP) is 2.93. The third kappa shape index (κ3) is 4.08. The summed E-state index contributed by atoms with van der Waals surface area (Å²) in [4.78, 5) is 10.8. The van der Waals surface area contributed by atoms with Gasteiger partial charge in [0.05, 0.1) is 4.43 Å². The summed E-state index contributed by atoms with van der Waals surface area (Å²) in [5.74, 6) is -0.177. The van der Waals surface area contributed by atoms with E-state index >= 15 is 0 Å². The number of ether oxygens (including phenoxy) is 1. The van der Waals surface area contributed by atoms with E-state index in [-0.39, 0.29) is 5.97 Å². The monoisotopic (exact) mass is 354 g/mol. The molecule has 0 amide bonds. The lowest BCUT2D eigenvalue weighted by Gasteiger charge is -2.02. The zero-order chi connectivity index (χ0) is 9.68. The van der Waals surface area contributed by atoms with Gasteiger partial charge in [0.25, 0.3) is 0 Å². The summed E-state index contributed by atoms with van der Waals surface area (Å²) in [7, 11) is 0. The molecule has 0 bridgehead atoms. The summed E-state index contributed by atoms with van der Waals surface area (Å²) in [5.41, 5.74) is 1.00. The van der Waals surface area contributed by atoms with Crippen molar-refractivity contribution in [2.45, 2.75) is 6.61 Å². The van der Waals surface area contributed by atoms with Gasteiger partial charge in [-0.3, -0.25) is 4.79 Å². The van der Waals surface area contributed by atoms with Crippen molar-refractivity contribution >= 4 is 44.5 Å². The Bertz CT molecular complexity index is 284. The van der Waals surface area contributed by atoms with Crippen molar-refractivity contribution in [1.82, 2.24) is 0 Å². The Hall–Kier alpha value is -0.100. The number of halogens is 2. The second-order valence-corrected chi connectivity index (χ2v) is 4.10. The minimum Gasteiger partial charge on any atom is -0.460 e. The fourth-order valence-corrected chi connectivity index (χ4v) is 1.27. The molecule has 0 aromatic heterocycles. The molecule has 70 valence electrons. The van der Waals surface area contributed by atoms with Crippen LogP contribution in [0.5, 0.6) is 0 Å². The fourth-order valence-electron chi connectivity index (χ4n) is 0.783. The first-order chi connectivity index (χ1) is 6.22. The maximum Gasteiger partial charge on any atom is 0.316 e. The van der Waals surface area contributed by atoms with Crippen molar-refractivity contribution in [3.05, 3.63) is 34.3 Å². The highest BCUT2D eigenvalue weighted by molar-refractivity contribution is 14.1. The topological polar surface area (TPSA) is 26.3 Å². The van der Waals surface area contributed by atoms with Gasteiger partial charge in [-0.25, -0.2) is 0 Å². The third-order valence-corrected chi connectivity index (χ3v) is 2.57. The predicted molar refractivity (Wildman–Crippen MR) is 62.8 cm³/mol. The van der Waals surface area contributed by atoms with Crippen LogP contribution in [0.15, 0.2) is 28.7 Å². The second-order valence-electron chi connectivity index (χ2n) is 2.42. The van der Waals surface area contributed by atoms with E-state index in [2.05, 4.69) is 15.9 Å². The van der Waals surface area contributed by atoms with E-state index in [1.165, 1.54) is 0 Å². The van der Waals surface area contributed by atoms with Gasteiger partial charge in [0.1, 0.15) is 6.61 Å². The smallest absolute Gasteiger partial charge is 0.316 e. The van der Waals surface area contributed by atoms with E-state index in [1.807, 2.05) is 46.9 Å². The molecule has 4 heteroatoms. The number of hydrogen-bond donors (Lipinski definition) is 0. The molecule has 1 aromatic rings. The van der Waals surface area contributed by atoms with Gasteiger partial charge in [0.2, 0.25) is 0 Å². The van der Waals surface area contributed by atoms with Crippen LogP contribution in [0, 0.1) is 0 Å². The van der Waals surface area contributed by atoms with Crippen LogP contribution in [0.4, 0.5) is 0 Å². The summed E-state index contributed by atoms with van der Waals surface area (Å²) in [6.07, 6.45) is 0. The van der Waals surface area contributed by atoms with Crippen LogP contribution in [0.25, 0.3) is 0 Å². The summed E-state index contributed by atoms with van der Waals surface area (Å²) in [6.45, 7) is 0.356. The van der Waals surface area contributed by atoms with E-state index < -0.39 is 0 Å². The van der Waals surface area contributed by atoms with Crippen molar-refractivity contribution in [2.75, 3.05) is 4.43 Å². The number of carbonyl (C=O) groups is 1. The zero-order valence-electron chi connectivity index (χ0n) is 6.80. The van der Waals surface area contributed by atoms with Crippen LogP contribution in [0.3, 0.4) is 0 Å². The Balaban J connectivity index is 2.46. The Morgan fingerprint density at radius 2 is 2.00 bits per heavy atom. The van der Waals surface area contributed by atoms with E-state index in [1.54, 1.807) is 0 Å². The van der Waals surface area contributed by atoms with Crippen LogP contribution in [0.1, 0.15) is 5.56 Å². The molecular formula is C9H8BrIO2. The number of carbonyl (C=O) groups excluding carboxylic acids is 1. The summed E-state index contributed by atoms with van der Waals surface area (Å²) < 4.78 is 6.38. The molecule has 0 saturated heterocycles. The quantitative estimate of drug-likeness (QED) is 0.474. The van der Waals surface area contributed by atoms with Crippen LogP contribution < -0.4 is 0 Å². The molecule has 1 aromatic carbocycles. The molecule has 0 aliphatic carbocycles. The summed E-state index contributed by atoms with van der Waals surface area (Å²) in [6, 6.07) is 7.69. The van der Waals surface area contributed by atoms with E-state index in [4.69, 9.17) is 4.74 Å². The number of rotatable bonds is 3. The van der Waals surface area contributed by atoms with Gasteiger partial charge < -0.3 is 4.74 Å². The largest absolute Gasteiger partial charge is 0.460 e. The molecule has 0 unspecified atom stereocenters. The lowest BCUT2D eigenvalue weighted by molar-refractivity contribution is -0.141. The maximum atomic E-state index is 10.8. The highest BCUT2D eigenvalue weighted by atomic mass is 127. The van der Waals surface area contributed by atoms with Crippen LogP contribution in [-0.4, -0.2) is 10.4 Å². The summed E-state index contributed by atoms with van der Waals surface area (Å²) >= 11 is 5.31. The zero-order valence-corrected chi connectivity index (χ0v) is 10.5. The van der Waals surface area contributed by atoms with Gasteiger partial charge in [-0.05, 0) is 17.7 Å². The fraction of sp³-hybridized carbons (Fsp3) is 0.222. The first-order valence-corrected chi connectivity index (χ1v) is 6.00. The van der Waals surface area contributed by atoms with E-state index in [0.29, 0.717) is 11.0 Å². The highest BCUT2D eigenvalue weighted by Crippen LogP contribution is 2.11. The first kappa shape index (κ1) is 11.0. The Labute approximate surface area is 98.9 Å². The molecule has 0 N–H and O–H groups in total. The second kappa shape index (κ2) is 5.59. The van der Waals surface area contributed by atoms with Gasteiger partial charge in [-0.15, -0.1) is 0 Å². The number of esters is 1. The number of benzene rings is 1. The van der Waals surface area contributed by atoms with Gasteiger partial charge in [0, 0.05) is 4.47 Å². The van der Waals surface area contributed by atoms with Gasteiger partial charge in [0.15, 0.2) is 0 Å². The maximum absolute atomic E-state index is 10.8. The van der Waals surface area contributed by atoms with Crippen LogP contribution >= 0.6 is 38.5 Å². The molecule has 0 atom stereocenters. The molecule has 2 nitrogen and oxygen atoms in total. The van der Waals surface area contributed by atoms with Crippen LogP contribution in [-0.2, 0) is 16.1 Å². The number of hydrogen-bond acceptors (Lipinski definition) is 2. The van der Waals surface area contributed by atoms with Gasteiger partial charge >= 0.3 is 5.97 Å². The lowest BCUT2D eigenvalue weighted by Crippen LogP contribution is -2.04. The van der Waals surface area contributed by atoms with Crippen molar-refractivity contribution in [3.63, 3.8) is 0 Å². The molecular weight excluding hydrogens is 347 g/mol. The lowest BCUT2D eigenvalue weighted by atomic mass is 10.2. The Morgan fingerprint density at radius 1 is 1.38 bits per heavy atom. The molecule has 1 rings (SSSR count). The average molecular weight is 355 g/mol. The van der Waals surface area contributed by atoms with Gasteiger partial charge in [-0.1, -0.05) is 50.7 Å². The van der Waals surface area contributed by atoms with E-state index in [0.717, 1.165) is 10.0 Å². The van der Waals surface area contributed by atoms with Crippen molar-refractivity contribution in [3.8, 4) is 0 Å². The standard InChI is InChI=1S/C9H8BrIO2/c10-8-3-1-7(2-4-8)6-13-9(12)5-11/h1-4H,5-6H2. The molecule has 0 radical (unpaired) electrons. The van der Waals surface area contributed by atoms with Crippen LogP contribution in [0.2, 0.25) is 0 Å². The van der Waals surface area contributed by atoms with Crippen molar-refractivity contribution in [1.29, 1.82) is 0 Å². The molecule has 0 aliphatic rings. The molecule has 0 fully saturated rings. The Kier molecular flexibility index (Phi) is 4.72. The molecule has 0 saturated carbocycles. The summed E-state index contributed by atoms with van der Waals surface area (Å²) in [5, 5.41) is 0. The van der Waals surface area contributed by atoms with Crippen molar-refractivity contribution < 1.29 is 9.53 Å². The van der Waals surface area contributed by atoms with Crippen molar-refractivity contribution in [2.24, 2.45) is 0 Å². The first-order valence-electron chi connectivity index (χ1n) is 3.68. The molecule has 13 heavy (non-hydrogen) atoms. The van der Waals surface area contributed by atoms with E-state index in [9.17, 15) is 4.79 Å².